The highest BCUT2D eigenvalue weighted by Crippen LogP contribution is 2.14. The second kappa shape index (κ2) is 8.95. The van der Waals surface area contributed by atoms with Gasteiger partial charge in [-0.2, -0.15) is 0 Å². The van der Waals surface area contributed by atoms with E-state index in [1.807, 2.05) is 27.7 Å². The van der Waals surface area contributed by atoms with Crippen molar-refractivity contribution in [1.82, 2.24) is 0 Å². The number of ketones is 1. The van der Waals surface area contributed by atoms with Crippen LogP contribution >= 0.6 is 0 Å². The fourth-order valence-electron chi connectivity index (χ4n) is 0.879. The highest BCUT2D eigenvalue weighted by atomic mass is 19.1. The SMILES string of the molecule is CC.CC.CC(=O)c1c(F)cc(F)cc1F. The molecule has 0 fully saturated rings. The van der Waals surface area contributed by atoms with Crippen molar-refractivity contribution < 1.29 is 18.0 Å². The largest absolute Gasteiger partial charge is 0.294 e. The van der Waals surface area contributed by atoms with Crippen LogP contribution in [-0.4, -0.2) is 5.78 Å². The van der Waals surface area contributed by atoms with Crippen LogP contribution in [0.4, 0.5) is 13.2 Å². The van der Waals surface area contributed by atoms with E-state index in [2.05, 4.69) is 0 Å². The zero-order chi connectivity index (χ0) is 13.3. The lowest BCUT2D eigenvalue weighted by Gasteiger charge is -1.99. The van der Waals surface area contributed by atoms with Crippen molar-refractivity contribution in [3.05, 3.63) is 35.1 Å². The Kier molecular flexibility index (Phi) is 9.55. The Morgan fingerprint density at radius 2 is 1.25 bits per heavy atom. The molecule has 92 valence electrons. The van der Waals surface area contributed by atoms with Crippen molar-refractivity contribution in [2.45, 2.75) is 34.6 Å². The molecule has 4 heteroatoms. The van der Waals surface area contributed by atoms with Crippen LogP contribution in [0.2, 0.25) is 0 Å². The van der Waals surface area contributed by atoms with Crippen molar-refractivity contribution in [1.29, 1.82) is 0 Å². The Morgan fingerprint density at radius 3 is 1.50 bits per heavy atom. The number of benzene rings is 1. The van der Waals surface area contributed by atoms with E-state index in [9.17, 15) is 18.0 Å². The van der Waals surface area contributed by atoms with E-state index in [1.165, 1.54) is 0 Å². The minimum absolute atomic E-state index is 0.472. The van der Waals surface area contributed by atoms with E-state index in [0.717, 1.165) is 6.92 Å². The molecule has 0 aliphatic heterocycles. The number of carbonyl (C=O) groups excluding carboxylic acids is 1. The third-order valence-electron chi connectivity index (χ3n) is 1.36. The number of rotatable bonds is 1. The van der Waals surface area contributed by atoms with E-state index in [0.29, 0.717) is 12.1 Å². The first kappa shape index (κ1) is 17.1. The van der Waals surface area contributed by atoms with Gasteiger partial charge in [-0.3, -0.25) is 4.79 Å². The minimum atomic E-state index is -1.17. The molecule has 0 amide bonds. The van der Waals surface area contributed by atoms with Gasteiger partial charge < -0.3 is 0 Å². The van der Waals surface area contributed by atoms with Gasteiger partial charge >= 0.3 is 0 Å². The fraction of sp³-hybridized carbons (Fsp3) is 0.417. The number of hydrogen-bond donors (Lipinski definition) is 0. The first-order chi connectivity index (χ1) is 7.52. The minimum Gasteiger partial charge on any atom is -0.294 e. The molecule has 0 heterocycles. The molecular formula is C12H17F3O. The number of halogens is 3. The lowest BCUT2D eigenvalue weighted by molar-refractivity contribution is 0.100. The summed E-state index contributed by atoms with van der Waals surface area (Å²) in [6, 6.07) is 0.944. The molecular weight excluding hydrogens is 217 g/mol. The Hall–Kier alpha value is -1.32. The van der Waals surface area contributed by atoms with Crippen LogP contribution in [0.3, 0.4) is 0 Å². The summed E-state index contributed by atoms with van der Waals surface area (Å²) in [6.07, 6.45) is 0. The molecule has 0 saturated carbocycles. The number of Topliss-reactive ketones (excluding diaryl/α,β-unsaturated/α-hetero) is 1. The Balaban J connectivity index is 0. The fourth-order valence-corrected chi connectivity index (χ4v) is 0.879. The van der Waals surface area contributed by atoms with Crippen LogP contribution in [0.25, 0.3) is 0 Å². The Bertz CT molecular complexity index is 312. The molecule has 1 nitrogen and oxygen atoms in total. The summed E-state index contributed by atoms with van der Waals surface area (Å²) in [4.78, 5) is 10.6. The summed E-state index contributed by atoms with van der Waals surface area (Å²) in [6.45, 7) is 9.01. The van der Waals surface area contributed by atoms with Gasteiger partial charge in [0.25, 0.3) is 0 Å². The molecule has 0 bridgehead atoms. The van der Waals surface area contributed by atoms with Crippen LogP contribution in [0.15, 0.2) is 12.1 Å². The zero-order valence-corrected chi connectivity index (χ0v) is 10.2. The van der Waals surface area contributed by atoms with Gasteiger partial charge in [0.1, 0.15) is 17.5 Å². The molecule has 1 aromatic carbocycles. The summed E-state index contributed by atoms with van der Waals surface area (Å²) in [7, 11) is 0. The van der Waals surface area contributed by atoms with Crippen molar-refractivity contribution in [2.24, 2.45) is 0 Å². The van der Waals surface area contributed by atoms with Crippen LogP contribution in [0, 0.1) is 17.5 Å². The maximum absolute atomic E-state index is 12.7. The zero-order valence-electron chi connectivity index (χ0n) is 10.2. The summed E-state index contributed by atoms with van der Waals surface area (Å²) >= 11 is 0. The predicted octanol–water partition coefficient (Wildman–Crippen LogP) is 4.36. The van der Waals surface area contributed by atoms with Crippen LogP contribution in [0.1, 0.15) is 45.0 Å². The predicted molar refractivity (Wildman–Crippen MR) is 59.0 cm³/mol. The van der Waals surface area contributed by atoms with Crippen LogP contribution < -0.4 is 0 Å². The van der Waals surface area contributed by atoms with Gasteiger partial charge in [-0.05, 0) is 6.92 Å². The molecule has 0 atom stereocenters. The third-order valence-corrected chi connectivity index (χ3v) is 1.36. The van der Waals surface area contributed by atoms with Gasteiger partial charge in [0, 0.05) is 12.1 Å². The van der Waals surface area contributed by atoms with Crippen LogP contribution in [0.5, 0.6) is 0 Å². The maximum Gasteiger partial charge on any atom is 0.165 e. The molecule has 0 radical (unpaired) electrons. The van der Waals surface area contributed by atoms with E-state index in [-0.39, 0.29) is 0 Å². The molecule has 0 spiro atoms. The summed E-state index contributed by atoms with van der Waals surface area (Å²) < 4.78 is 37.6. The first-order valence-electron chi connectivity index (χ1n) is 5.18. The average Bonchev–Trinajstić information content (AvgIpc) is 2.21. The molecule has 0 aromatic heterocycles. The lowest BCUT2D eigenvalue weighted by Crippen LogP contribution is -2.02. The van der Waals surface area contributed by atoms with Gasteiger partial charge in [0.05, 0.1) is 5.56 Å². The third kappa shape index (κ3) is 4.96. The van der Waals surface area contributed by atoms with Crippen molar-refractivity contribution >= 4 is 5.78 Å². The molecule has 1 rings (SSSR count). The molecule has 0 aliphatic carbocycles. The summed E-state index contributed by atoms with van der Waals surface area (Å²) in [5, 5.41) is 0. The summed E-state index contributed by atoms with van der Waals surface area (Å²) in [5.41, 5.74) is -0.698. The van der Waals surface area contributed by atoms with Gasteiger partial charge in [0.2, 0.25) is 0 Å². The monoisotopic (exact) mass is 234 g/mol. The standard InChI is InChI=1S/C8H5F3O.2C2H6/c1-4(12)8-6(10)2-5(9)3-7(8)11;2*1-2/h2-3H,1H3;2*1-2H3. The Labute approximate surface area is 94.3 Å². The van der Waals surface area contributed by atoms with E-state index in [4.69, 9.17) is 0 Å². The van der Waals surface area contributed by atoms with Gasteiger partial charge in [-0.25, -0.2) is 13.2 Å². The van der Waals surface area contributed by atoms with Gasteiger partial charge in [0.15, 0.2) is 5.78 Å². The lowest BCUT2D eigenvalue weighted by atomic mass is 10.1. The molecule has 0 unspecified atom stereocenters. The van der Waals surface area contributed by atoms with Crippen LogP contribution in [-0.2, 0) is 0 Å². The second-order valence-electron chi connectivity index (χ2n) is 2.30. The Morgan fingerprint density at radius 1 is 0.938 bits per heavy atom. The number of hydrogen-bond acceptors (Lipinski definition) is 1. The second-order valence-corrected chi connectivity index (χ2v) is 2.30. The quantitative estimate of drug-likeness (QED) is 0.660. The van der Waals surface area contributed by atoms with E-state index < -0.39 is 28.8 Å². The van der Waals surface area contributed by atoms with Crippen molar-refractivity contribution in [3.63, 3.8) is 0 Å². The topological polar surface area (TPSA) is 17.1 Å². The molecule has 1 aromatic rings. The maximum atomic E-state index is 12.7. The summed E-state index contributed by atoms with van der Waals surface area (Å²) in [5.74, 6) is -4.12. The molecule has 16 heavy (non-hydrogen) atoms. The van der Waals surface area contributed by atoms with Gasteiger partial charge in [-0.15, -0.1) is 0 Å². The first-order valence-corrected chi connectivity index (χ1v) is 5.18. The van der Waals surface area contributed by atoms with Crippen molar-refractivity contribution in [3.8, 4) is 0 Å². The molecule has 0 N–H and O–H groups in total. The molecule has 0 saturated heterocycles. The van der Waals surface area contributed by atoms with E-state index >= 15 is 0 Å². The van der Waals surface area contributed by atoms with Crippen molar-refractivity contribution in [2.75, 3.05) is 0 Å². The normalized spacial score (nSPS) is 8.25. The number of carbonyl (C=O) groups is 1. The highest BCUT2D eigenvalue weighted by molar-refractivity contribution is 5.94. The molecule has 0 aliphatic rings. The average molecular weight is 234 g/mol. The highest BCUT2D eigenvalue weighted by Gasteiger charge is 2.14. The smallest absolute Gasteiger partial charge is 0.165 e. The van der Waals surface area contributed by atoms with E-state index in [1.54, 1.807) is 0 Å². The van der Waals surface area contributed by atoms with Gasteiger partial charge in [-0.1, -0.05) is 27.7 Å².